The number of nitrogens with one attached hydrogen (secondary N) is 1. The second-order valence-electron chi connectivity index (χ2n) is 6.23. The molecular formula is C17H22FN3. The Labute approximate surface area is 125 Å². The lowest BCUT2D eigenvalue weighted by atomic mass is 9.98. The molecule has 1 aromatic heterocycles. The highest BCUT2D eigenvalue weighted by Gasteiger charge is 2.20. The Morgan fingerprint density at radius 2 is 2.10 bits per heavy atom. The number of benzene rings is 1. The largest absolute Gasteiger partial charge is 0.310 e. The van der Waals surface area contributed by atoms with E-state index in [0.29, 0.717) is 11.6 Å². The molecule has 3 nitrogen and oxygen atoms in total. The van der Waals surface area contributed by atoms with E-state index in [0.717, 1.165) is 23.4 Å². The maximum Gasteiger partial charge on any atom is 0.131 e. The van der Waals surface area contributed by atoms with Crippen molar-refractivity contribution < 1.29 is 4.39 Å². The monoisotopic (exact) mass is 287 g/mol. The topological polar surface area (TPSA) is 29.9 Å². The second kappa shape index (κ2) is 5.60. The molecule has 3 rings (SSSR count). The van der Waals surface area contributed by atoms with Gasteiger partial charge < -0.3 is 5.32 Å². The number of halogens is 1. The molecule has 0 amide bonds. The van der Waals surface area contributed by atoms with Gasteiger partial charge in [-0.3, -0.25) is 4.68 Å². The van der Waals surface area contributed by atoms with Gasteiger partial charge in [0.25, 0.3) is 0 Å². The van der Waals surface area contributed by atoms with Crippen molar-refractivity contribution in [2.24, 2.45) is 7.05 Å². The number of aryl methyl sites for hydroxylation is 1. The molecule has 0 saturated heterocycles. The number of hydrogen-bond acceptors (Lipinski definition) is 2. The molecule has 0 radical (unpaired) electrons. The van der Waals surface area contributed by atoms with Crippen LogP contribution in [0.4, 0.5) is 4.39 Å². The molecule has 1 N–H and O–H groups in total. The van der Waals surface area contributed by atoms with Crippen LogP contribution < -0.4 is 5.32 Å². The van der Waals surface area contributed by atoms with Crippen LogP contribution in [0.3, 0.4) is 0 Å². The summed E-state index contributed by atoms with van der Waals surface area (Å²) in [6, 6.07) is 6.16. The van der Waals surface area contributed by atoms with Gasteiger partial charge in [-0.25, -0.2) is 4.39 Å². The summed E-state index contributed by atoms with van der Waals surface area (Å²) in [5.41, 5.74) is 3.48. The van der Waals surface area contributed by atoms with Gasteiger partial charge in [0, 0.05) is 37.0 Å². The first kappa shape index (κ1) is 14.3. The molecule has 1 heterocycles. The van der Waals surface area contributed by atoms with Gasteiger partial charge in [-0.15, -0.1) is 0 Å². The van der Waals surface area contributed by atoms with E-state index in [4.69, 9.17) is 0 Å². The Kier molecular flexibility index (Phi) is 3.81. The first-order valence-corrected chi connectivity index (χ1v) is 7.60. The van der Waals surface area contributed by atoms with Crippen molar-refractivity contribution in [1.29, 1.82) is 0 Å². The fourth-order valence-corrected chi connectivity index (χ4v) is 2.58. The Hall–Kier alpha value is -1.68. The SMILES string of the molecule is CC(C)c1nn(C)cc1-c1ccc(CNC2CC2)cc1F. The summed E-state index contributed by atoms with van der Waals surface area (Å²) in [7, 11) is 1.88. The van der Waals surface area contributed by atoms with Gasteiger partial charge in [0.2, 0.25) is 0 Å². The van der Waals surface area contributed by atoms with Crippen molar-refractivity contribution in [2.45, 2.75) is 45.2 Å². The van der Waals surface area contributed by atoms with Gasteiger partial charge in [-0.2, -0.15) is 5.10 Å². The summed E-state index contributed by atoms with van der Waals surface area (Å²) in [5.74, 6) is 0.108. The van der Waals surface area contributed by atoms with E-state index >= 15 is 0 Å². The highest BCUT2D eigenvalue weighted by Crippen LogP contribution is 2.30. The van der Waals surface area contributed by atoms with Crippen molar-refractivity contribution in [3.8, 4) is 11.1 Å². The zero-order chi connectivity index (χ0) is 15.0. The molecule has 112 valence electrons. The third-order valence-corrected chi connectivity index (χ3v) is 3.90. The molecule has 1 aromatic carbocycles. The molecule has 1 fully saturated rings. The maximum atomic E-state index is 14.5. The number of nitrogens with zero attached hydrogens (tertiary/aromatic N) is 2. The van der Waals surface area contributed by atoms with Crippen LogP contribution in [0.5, 0.6) is 0 Å². The Morgan fingerprint density at radius 3 is 2.71 bits per heavy atom. The minimum atomic E-state index is -0.167. The lowest BCUT2D eigenvalue weighted by molar-refractivity contribution is 0.622. The van der Waals surface area contributed by atoms with Crippen molar-refractivity contribution in [1.82, 2.24) is 15.1 Å². The first-order valence-electron chi connectivity index (χ1n) is 7.60. The summed E-state index contributed by atoms with van der Waals surface area (Å²) < 4.78 is 16.2. The average Bonchev–Trinajstić information content (AvgIpc) is 3.18. The van der Waals surface area contributed by atoms with Crippen molar-refractivity contribution in [3.05, 3.63) is 41.5 Å². The van der Waals surface area contributed by atoms with E-state index in [1.54, 1.807) is 10.7 Å². The minimum Gasteiger partial charge on any atom is -0.310 e. The highest BCUT2D eigenvalue weighted by atomic mass is 19.1. The molecule has 4 heteroatoms. The average molecular weight is 287 g/mol. The quantitative estimate of drug-likeness (QED) is 0.910. The van der Waals surface area contributed by atoms with E-state index in [2.05, 4.69) is 24.3 Å². The van der Waals surface area contributed by atoms with Crippen LogP contribution in [-0.4, -0.2) is 15.8 Å². The zero-order valence-electron chi connectivity index (χ0n) is 12.9. The van der Waals surface area contributed by atoms with Crippen LogP contribution in [0, 0.1) is 5.82 Å². The molecule has 21 heavy (non-hydrogen) atoms. The van der Waals surface area contributed by atoms with E-state index in [1.165, 1.54) is 12.8 Å². The molecule has 0 bridgehead atoms. The maximum absolute atomic E-state index is 14.5. The van der Waals surface area contributed by atoms with Crippen LogP contribution in [-0.2, 0) is 13.6 Å². The van der Waals surface area contributed by atoms with E-state index in [1.807, 2.05) is 25.4 Å². The molecule has 1 aliphatic carbocycles. The normalized spacial score (nSPS) is 14.9. The highest BCUT2D eigenvalue weighted by molar-refractivity contribution is 5.67. The molecule has 0 aliphatic heterocycles. The van der Waals surface area contributed by atoms with Gasteiger partial charge in [0.1, 0.15) is 5.82 Å². The standard InChI is InChI=1S/C17H22FN3/c1-11(2)17-15(10-21(3)20-17)14-7-4-12(8-16(14)18)9-19-13-5-6-13/h4,7-8,10-11,13,19H,5-6,9H2,1-3H3. The summed E-state index contributed by atoms with van der Waals surface area (Å²) >= 11 is 0. The van der Waals surface area contributed by atoms with Gasteiger partial charge in [0.15, 0.2) is 0 Å². The zero-order valence-corrected chi connectivity index (χ0v) is 12.9. The summed E-state index contributed by atoms with van der Waals surface area (Å²) in [6.45, 7) is 4.90. The smallest absolute Gasteiger partial charge is 0.131 e. The predicted octanol–water partition coefficient (Wildman–Crippen LogP) is 3.60. The molecular weight excluding hydrogens is 265 g/mol. The third-order valence-electron chi connectivity index (χ3n) is 3.90. The summed E-state index contributed by atoms with van der Waals surface area (Å²) in [4.78, 5) is 0. The number of aromatic nitrogens is 2. The third kappa shape index (κ3) is 3.16. The molecule has 1 aliphatic rings. The summed E-state index contributed by atoms with van der Waals surface area (Å²) in [6.07, 6.45) is 4.39. The van der Waals surface area contributed by atoms with Gasteiger partial charge in [0.05, 0.1) is 5.69 Å². The van der Waals surface area contributed by atoms with Gasteiger partial charge in [-0.1, -0.05) is 26.0 Å². The molecule has 0 atom stereocenters. The van der Waals surface area contributed by atoms with Gasteiger partial charge in [-0.05, 0) is 30.4 Å². The van der Waals surface area contributed by atoms with E-state index in [9.17, 15) is 4.39 Å². The number of rotatable bonds is 5. The summed E-state index contributed by atoms with van der Waals surface area (Å²) in [5, 5.41) is 7.87. The Bertz CT molecular complexity index is 641. The first-order chi connectivity index (χ1) is 10.0. The Morgan fingerprint density at radius 1 is 1.33 bits per heavy atom. The van der Waals surface area contributed by atoms with Crippen molar-refractivity contribution in [3.63, 3.8) is 0 Å². The van der Waals surface area contributed by atoms with Crippen LogP contribution >= 0.6 is 0 Å². The fourth-order valence-electron chi connectivity index (χ4n) is 2.58. The second-order valence-corrected chi connectivity index (χ2v) is 6.23. The van der Waals surface area contributed by atoms with Crippen LogP contribution in [0.2, 0.25) is 0 Å². The van der Waals surface area contributed by atoms with E-state index in [-0.39, 0.29) is 11.7 Å². The van der Waals surface area contributed by atoms with Crippen LogP contribution in [0.25, 0.3) is 11.1 Å². The minimum absolute atomic E-state index is 0.167. The lowest BCUT2D eigenvalue weighted by Crippen LogP contribution is -2.15. The lowest BCUT2D eigenvalue weighted by Gasteiger charge is -2.09. The number of hydrogen-bond donors (Lipinski definition) is 1. The van der Waals surface area contributed by atoms with Crippen molar-refractivity contribution in [2.75, 3.05) is 0 Å². The van der Waals surface area contributed by atoms with Gasteiger partial charge >= 0.3 is 0 Å². The van der Waals surface area contributed by atoms with Crippen molar-refractivity contribution >= 4 is 0 Å². The molecule has 0 unspecified atom stereocenters. The molecule has 0 spiro atoms. The van der Waals surface area contributed by atoms with Crippen LogP contribution in [0.1, 0.15) is 43.9 Å². The van der Waals surface area contributed by atoms with E-state index < -0.39 is 0 Å². The predicted molar refractivity (Wildman–Crippen MR) is 82.6 cm³/mol. The van der Waals surface area contributed by atoms with Crippen LogP contribution in [0.15, 0.2) is 24.4 Å². The fraction of sp³-hybridized carbons (Fsp3) is 0.471. The molecule has 2 aromatic rings. The Balaban J connectivity index is 1.87. The molecule has 1 saturated carbocycles.